The zero-order valence-electron chi connectivity index (χ0n) is 11.5. The topological polar surface area (TPSA) is 98.2 Å². The van der Waals surface area contributed by atoms with Gasteiger partial charge >= 0.3 is 5.97 Å². The van der Waals surface area contributed by atoms with Gasteiger partial charge in [-0.25, -0.2) is 9.78 Å². The molecule has 0 aliphatic carbocycles. The molecule has 0 spiro atoms. The third-order valence-electron chi connectivity index (χ3n) is 3.28. The molecule has 1 unspecified atom stereocenters. The lowest BCUT2D eigenvalue weighted by Crippen LogP contribution is -2.18. The summed E-state index contributed by atoms with van der Waals surface area (Å²) >= 11 is 0. The van der Waals surface area contributed by atoms with E-state index in [1.165, 1.54) is 6.07 Å². The Hall–Kier alpha value is -2.37. The fourth-order valence-electron chi connectivity index (χ4n) is 2.46. The second-order valence-electron chi connectivity index (χ2n) is 4.75. The number of aromatic carboxylic acids is 1. The number of fused-ring (bicyclic) bond motifs is 1. The normalized spacial score (nSPS) is 12.5. The number of imidazole rings is 1. The molecule has 1 aromatic carbocycles. The number of amides is 1. The van der Waals surface area contributed by atoms with Gasteiger partial charge in [-0.1, -0.05) is 13.0 Å². The van der Waals surface area contributed by atoms with E-state index in [4.69, 9.17) is 5.73 Å². The fraction of sp³-hybridized carbons (Fsp3) is 0.357. The van der Waals surface area contributed by atoms with Gasteiger partial charge in [0, 0.05) is 18.9 Å². The molecule has 6 nitrogen and oxygen atoms in total. The number of primary amides is 1. The van der Waals surface area contributed by atoms with E-state index in [9.17, 15) is 14.7 Å². The standard InChI is InChI=1S/C14H17N3O3/c1-3-12-16-13-9(14(19)20)5-4-6-10(13)17(12)8(2)7-11(15)18/h4-6,8H,3,7H2,1-2H3,(H2,15,18)(H,19,20). The fourth-order valence-corrected chi connectivity index (χ4v) is 2.46. The molecule has 1 heterocycles. The van der Waals surface area contributed by atoms with Crippen LogP contribution in [0.5, 0.6) is 0 Å². The van der Waals surface area contributed by atoms with E-state index in [0.29, 0.717) is 11.9 Å². The molecule has 2 rings (SSSR count). The minimum Gasteiger partial charge on any atom is -0.478 e. The third kappa shape index (κ3) is 2.36. The molecule has 1 aromatic heterocycles. The number of hydrogen-bond acceptors (Lipinski definition) is 3. The second-order valence-corrected chi connectivity index (χ2v) is 4.75. The summed E-state index contributed by atoms with van der Waals surface area (Å²) in [6.45, 7) is 3.81. The number of carbonyl (C=O) groups is 2. The molecule has 1 atom stereocenters. The zero-order valence-corrected chi connectivity index (χ0v) is 11.5. The minimum atomic E-state index is -1.01. The molecule has 0 saturated carbocycles. The molecule has 0 radical (unpaired) electrons. The number of para-hydroxylation sites is 1. The highest BCUT2D eigenvalue weighted by molar-refractivity contribution is 6.01. The van der Waals surface area contributed by atoms with Gasteiger partial charge in [-0.3, -0.25) is 4.79 Å². The van der Waals surface area contributed by atoms with E-state index >= 15 is 0 Å². The molecule has 1 amide bonds. The molecule has 106 valence electrons. The number of aromatic nitrogens is 2. The van der Waals surface area contributed by atoms with E-state index in [1.807, 2.05) is 24.5 Å². The molecular weight excluding hydrogens is 258 g/mol. The highest BCUT2D eigenvalue weighted by atomic mass is 16.4. The molecule has 0 aliphatic rings. The van der Waals surface area contributed by atoms with E-state index in [0.717, 1.165) is 11.3 Å². The lowest BCUT2D eigenvalue weighted by atomic mass is 10.1. The number of carbonyl (C=O) groups excluding carboxylic acids is 1. The number of carboxylic acids is 1. The van der Waals surface area contributed by atoms with Gasteiger partial charge in [0.25, 0.3) is 0 Å². The third-order valence-corrected chi connectivity index (χ3v) is 3.28. The average Bonchev–Trinajstić information content (AvgIpc) is 2.75. The van der Waals surface area contributed by atoms with Gasteiger partial charge < -0.3 is 15.4 Å². The van der Waals surface area contributed by atoms with E-state index in [2.05, 4.69) is 4.98 Å². The number of carboxylic acid groups (broad SMARTS) is 1. The number of benzene rings is 1. The summed E-state index contributed by atoms with van der Waals surface area (Å²) in [7, 11) is 0. The van der Waals surface area contributed by atoms with Crippen LogP contribution in [0.3, 0.4) is 0 Å². The van der Waals surface area contributed by atoms with E-state index in [-0.39, 0.29) is 18.0 Å². The predicted molar refractivity (Wildman–Crippen MR) is 74.6 cm³/mol. The first-order chi connectivity index (χ1) is 9.45. The summed E-state index contributed by atoms with van der Waals surface area (Å²) in [5, 5.41) is 9.22. The van der Waals surface area contributed by atoms with Crippen LogP contribution in [-0.4, -0.2) is 26.5 Å². The molecule has 0 fully saturated rings. The summed E-state index contributed by atoms with van der Waals surface area (Å²) in [5.41, 5.74) is 6.59. The minimum absolute atomic E-state index is 0.156. The highest BCUT2D eigenvalue weighted by Crippen LogP contribution is 2.25. The van der Waals surface area contributed by atoms with Crippen LogP contribution in [0.25, 0.3) is 11.0 Å². The Bertz CT molecular complexity index is 676. The predicted octanol–water partition coefficient (Wildman–Crippen LogP) is 1.73. The summed E-state index contributed by atoms with van der Waals surface area (Å²) in [6, 6.07) is 4.86. The maximum atomic E-state index is 11.2. The summed E-state index contributed by atoms with van der Waals surface area (Å²) in [4.78, 5) is 26.8. The molecule has 2 aromatic rings. The van der Waals surface area contributed by atoms with Crippen molar-refractivity contribution in [2.75, 3.05) is 0 Å². The van der Waals surface area contributed by atoms with E-state index < -0.39 is 11.9 Å². The molecule has 0 saturated heterocycles. The maximum absolute atomic E-state index is 11.2. The van der Waals surface area contributed by atoms with Crippen LogP contribution in [0, 0.1) is 0 Å². The summed E-state index contributed by atoms with van der Waals surface area (Å²) < 4.78 is 1.90. The SMILES string of the molecule is CCc1nc2c(C(=O)O)cccc2n1C(C)CC(N)=O. The van der Waals surface area contributed by atoms with Crippen LogP contribution in [0.2, 0.25) is 0 Å². The van der Waals surface area contributed by atoms with Crippen LogP contribution in [0.15, 0.2) is 18.2 Å². The Kier molecular flexibility index (Phi) is 3.74. The first kappa shape index (κ1) is 14.0. The lowest BCUT2D eigenvalue weighted by molar-refractivity contribution is -0.118. The Balaban J connectivity index is 2.67. The summed E-state index contributed by atoms with van der Waals surface area (Å²) in [6.07, 6.45) is 0.840. The van der Waals surface area contributed by atoms with Crippen molar-refractivity contribution in [3.8, 4) is 0 Å². The van der Waals surface area contributed by atoms with Crippen LogP contribution in [0.1, 0.15) is 42.5 Å². The van der Waals surface area contributed by atoms with Crippen LogP contribution < -0.4 is 5.73 Å². The number of nitrogens with two attached hydrogens (primary N) is 1. The zero-order chi connectivity index (χ0) is 14.9. The first-order valence-electron chi connectivity index (χ1n) is 6.47. The van der Waals surface area contributed by atoms with Crippen molar-refractivity contribution in [1.82, 2.24) is 9.55 Å². The lowest BCUT2D eigenvalue weighted by Gasteiger charge is -2.15. The van der Waals surface area contributed by atoms with E-state index in [1.54, 1.807) is 6.07 Å². The second kappa shape index (κ2) is 5.32. The van der Waals surface area contributed by atoms with Crippen LogP contribution in [0.4, 0.5) is 0 Å². The van der Waals surface area contributed by atoms with Crippen molar-refractivity contribution in [2.24, 2.45) is 5.73 Å². The monoisotopic (exact) mass is 275 g/mol. The number of hydrogen-bond donors (Lipinski definition) is 2. The average molecular weight is 275 g/mol. The van der Waals surface area contributed by atoms with Gasteiger partial charge in [-0.15, -0.1) is 0 Å². The Morgan fingerprint density at radius 1 is 1.45 bits per heavy atom. The van der Waals surface area contributed by atoms with Crippen LogP contribution >= 0.6 is 0 Å². The molecule has 0 aliphatic heterocycles. The van der Waals surface area contributed by atoms with Gasteiger partial charge in [0.15, 0.2) is 0 Å². The highest BCUT2D eigenvalue weighted by Gasteiger charge is 2.20. The molecule has 6 heteroatoms. The number of nitrogens with zero attached hydrogens (tertiary/aromatic N) is 2. The van der Waals surface area contributed by atoms with Gasteiger partial charge in [-0.2, -0.15) is 0 Å². The van der Waals surface area contributed by atoms with Crippen molar-refractivity contribution >= 4 is 22.9 Å². The quantitative estimate of drug-likeness (QED) is 0.868. The first-order valence-corrected chi connectivity index (χ1v) is 6.47. The molecule has 20 heavy (non-hydrogen) atoms. The molecule has 0 bridgehead atoms. The van der Waals surface area contributed by atoms with Crippen molar-refractivity contribution in [1.29, 1.82) is 0 Å². The van der Waals surface area contributed by atoms with Gasteiger partial charge in [0.1, 0.15) is 11.3 Å². The Labute approximate surface area is 116 Å². The Morgan fingerprint density at radius 2 is 2.15 bits per heavy atom. The van der Waals surface area contributed by atoms with Crippen molar-refractivity contribution < 1.29 is 14.7 Å². The number of rotatable bonds is 5. The van der Waals surface area contributed by atoms with Gasteiger partial charge in [0.2, 0.25) is 5.91 Å². The van der Waals surface area contributed by atoms with Crippen molar-refractivity contribution in [3.05, 3.63) is 29.6 Å². The number of aryl methyl sites for hydroxylation is 1. The molecular formula is C14H17N3O3. The summed E-state index contributed by atoms with van der Waals surface area (Å²) in [5.74, 6) is -0.649. The molecule has 3 N–H and O–H groups in total. The Morgan fingerprint density at radius 3 is 2.70 bits per heavy atom. The van der Waals surface area contributed by atoms with Gasteiger partial charge in [0.05, 0.1) is 11.1 Å². The largest absolute Gasteiger partial charge is 0.478 e. The maximum Gasteiger partial charge on any atom is 0.337 e. The van der Waals surface area contributed by atoms with Crippen molar-refractivity contribution in [3.63, 3.8) is 0 Å². The van der Waals surface area contributed by atoms with Crippen molar-refractivity contribution in [2.45, 2.75) is 32.7 Å². The smallest absolute Gasteiger partial charge is 0.337 e. The van der Waals surface area contributed by atoms with Gasteiger partial charge in [-0.05, 0) is 19.1 Å². The van der Waals surface area contributed by atoms with Crippen LogP contribution in [-0.2, 0) is 11.2 Å².